The summed E-state index contributed by atoms with van der Waals surface area (Å²) in [5.74, 6) is 0. The zero-order valence-electron chi connectivity index (χ0n) is 5.35. The number of hydrogen-bond donors (Lipinski definition) is 0. The van der Waals surface area contributed by atoms with Crippen LogP contribution in [0.1, 0.15) is 12.8 Å². The van der Waals surface area contributed by atoms with Gasteiger partial charge in [-0.2, -0.15) is 0 Å². The molecule has 48 valence electrons. The van der Waals surface area contributed by atoms with Crippen LogP contribution in [0.25, 0.3) is 0 Å². The Morgan fingerprint density at radius 2 is 1.88 bits per heavy atom. The van der Waals surface area contributed by atoms with Crippen molar-refractivity contribution in [2.75, 3.05) is 20.1 Å². The molecule has 8 heavy (non-hydrogen) atoms. The third kappa shape index (κ3) is 1.46. The first-order chi connectivity index (χ1) is 3.79. The summed E-state index contributed by atoms with van der Waals surface area (Å²) in [6, 6.07) is 0. The van der Waals surface area contributed by atoms with Crippen LogP contribution in [0.5, 0.6) is 0 Å². The van der Waals surface area contributed by atoms with E-state index in [1.54, 1.807) is 0 Å². The molecule has 0 spiro atoms. The molecule has 0 aromatic carbocycles. The fraction of sp³-hybridized carbons (Fsp3) is 1.00. The van der Waals surface area contributed by atoms with E-state index >= 15 is 0 Å². The maximum atomic E-state index is 7.34. The molecule has 0 unspecified atom stereocenters. The first-order valence-electron chi connectivity index (χ1n) is 3.18. The molecule has 0 atom stereocenters. The Morgan fingerprint density at radius 3 is 2.25 bits per heavy atom. The number of hydrogen-bond acceptors (Lipinski definition) is 1. The Labute approximate surface area is 50.1 Å². The van der Waals surface area contributed by atoms with Gasteiger partial charge in [0.1, 0.15) is 0 Å². The van der Waals surface area contributed by atoms with Gasteiger partial charge >= 0.3 is 0 Å². The summed E-state index contributed by atoms with van der Waals surface area (Å²) in [5, 5.41) is 7.34. The zero-order valence-corrected chi connectivity index (χ0v) is 5.35. The van der Waals surface area contributed by atoms with Crippen molar-refractivity contribution >= 4 is 0 Å². The largest absolute Gasteiger partial charge is 0.443 e. The molecule has 0 aliphatic carbocycles. The van der Waals surface area contributed by atoms with Gasteiger partial charge in [-0.1, -0.05) is 0 Å². The first kappa shape index (κ1) is 6.05. The molecule has 1 fully saturated rings. The van der Waals surface area contributed by atoms with E-state index in [2.05, 4.69) is 11.9 Å². The van der Waals surface area contributed by atoms with Crippen molar-refractivity contribution in [3.8, 4) is 0 Å². The Balaban J connectivity index is 2.19. The van der Waals surface area contributed by atoms with Gasteiger partial charge in [-0.3, -0.25) is 0 Å². The fourth-order valence-electron chi connectivity index (χ4n) is 1.01. The van der Waals surface area contributed by atoms with E-state index in [1.165, 1.54) is 0 Å². The lowest BCUT2D eigenvalue weighted by molar-refractivity contribution is 0.0943. The van der Waals surface area contributed by atoms with Crippen molar-refractivity contribution in [2.45, 2.75) is 18.9 Å². The average Bonchev–Trinajstić information content (AvgIpc) is 1.77. The van der Waals surface area contributed by atoms with Gasteiger partial charge in [0.05, 0.1) is 0 Å². The van der Waals surface area contributed by atoms with Crippen molar-refractivity contribution in [2.24, 2.45) is 0 Å². The average molecular weight is 116 g/mol. The molecule has 0 bridgehead atoms. The maximum Gasteiger partial charge on any atom is 0.156 e. The molecule has 1 aliphatic heterocycles. The molecule has 2 N–H and O–H groups in total. The lowest BCUT2D eigenvalue weighted by Gasteiger charge is -2.22. The van der Waals surface area contributed by atoms with Gasteiger partial charge < -0.3 is 10.0 Å². The van der Waals surface area contributed by atoms with Crippen LogP contribution in [0, 0.1) is 0 Å². The molecular weight excluding hydrogens is 102 g/mol. The number of likely N-dealkylation sites (tertiary alicyclic amines) is 1. The van der Waals surface area contributed by atoms with E-state index in [-0.39, 0.29) is 6.10 Å². The minimum absolute atomic E-state index is 0.228. The summed E-state index contributed by atoms with van der Waals surface area (Å²) < 4.78 is 0. The predicted molar refractivity (Wildman–Crippen MR) is 34.1 cm³/mol. The second-order valence-corrected chi connectivity index (χ2v) is 2.58. The van der Waals surface area contributed by atoms with Crippen molar-refractivity contribution < 1.29 is 5.11 Å². The van der Waals surface area contributed by atoms with Crippen LogP contribution in [0.15, 0.2) is 0 Å². The van der Waals surface area contributed by atoms with Gasteiger partial charge in [-0.05, 0) is 7.05 Å². The van der Waals surface area contributed by atoms with Gasteiger partial charge in [0.25, 0.3) is 0 Å². The second-order valence-electron chi connectivity index (χ2n) is 2.58. The third-order valence-electron chi connectivity index (χ3n) is 1.72. The standard InChI is InChI=1S/C6H13NO/c1-7-4-2-6(8)3-5-7/h6,8H,2-5H2,1H3/p+1. The van der Waals surface area contributed by atoms with Crippen LogP contribution >= 0.6 is 0 Å². The van der Waals surface area contributed by atoms with Crippen LogP contribution in [-0.4, -0.2) is 36.2 Å². The summed E-state index contributed by atoms with van der Waals surface area (Å²) in [6.45, 7) is 2.24. The lowest BCUT2D eigenvalue weighted by atomic mass is 10.1. The van der Waals surface area contributed by atoms with Crippen molar-refractivity contribution in [3.05, 3.63) is 0 Å². The van der Waals surface area contributed by atoms with Crippen molar-refractivity contribution in [3.63, 3.8) is 0 Å². The van der Waals surface area contributed by atoms with Gasteiger partial charge in [0, 0.05) is 25.9 Å². The Hall–Kier alpha value is -0.0800. The molecule has 0 radical (unpaired) electrons. The molecule has 1 aliphatic rings. The van der Waals surface area contributed by atoms with E-state index in [0.717, 1.165) is 25.9 Å². The minimum atomic E-state index is 0.228. The molecule has 2 heteroatoms. The summed E-state index contributed by atoms with van der Waals surface area (Å²) in [7, 11) is 2.12. The molecule has 0 aromatic heterocycles. The van der Waals surface area contributed by atoms with Crippen LogP contribution in [-0.2, 0) is 0 Å². The predicted octanol–water partition coefficient (Wildman–Crippen LogP) is -0.195. The smallest absolute Gasteiger partial charge is 0.156 e. The Bertz CT molecular complexity index is 56.9. The molecule has 0 aromatic rings. The number of piperidine rings is 1. The first-order valence-corrected chi connectivity index (χ1v) is 3.18. The number of nitrogens with zero attached hydrogens (tertiary/aromatic N) is 1. The molecule has 1 rings (SSSR count). The molecule has 1 heterocycles. The van der Waals surface area contributed by atoms with Gasteiger partial charge in [0.15, 0.2) is 6.10 Å². The fourth-order valence-corrected chi connectivity index (χ4v) is 1.01. The molecule has 0 amide bonds. The van der Waals surface area contributed by atoms with Crippen molar-refractivity contribution in [1.29, 1.82) is 0 Å². The quantitative estimate of drug-likeness (QED) is 0.403. The minimum Gasteiger partial charge on any atom is -0.443 e. The van der Waals surface area contributed by atoms with E-state index in [9.17, 15) is 0 Å². The normalized spacial score (nSPS) is 26.2. The third-order valence-corrected chi connectivity index (χ3v) is 1.72. The Morgan fingerprint density at radius 1 is 1.38 bits per heavy atom. The van der Waals surface area contributed by atoms with Gasteiger partial charge in [-0.25, -0.2) is 0 Å². The highest BCUT2D eigenvalue weighted by atomic mass is 16.3. The highest BCUT2D eigenvalue weighted by Gasteiger charge is 2.15. The maximum absolute atomic E-state index is 7.34. The number of rotatable bonds is 0. The second kappa shape index (κ2) is 2.46. The van der Waals surface area contributed by atoms with Gasteiger partial charge in [-0.15, -0.1) is 0 Å². The summed E-state index contributed by atoms with van der Waals surface area (Å²) >= 11 is 0. The van der Waals surface area contributed by atoms with Crippen molar-refractivity contribution in [1.82, 2.24) is 4.90 Å². The highest BCUT2D eigenvalue weighted by Crippen LogP contribution is 2.06. The van der Waals surface area contributed by atoms with Crippen LogP contribution in [0.2, 0.25) is 0 Å². The van der Waals surface area contributed by atoms with Crippen LogP contribution in [0.4, 0.5) is 0 Å². The summed E-state index contributed by atoms with van der Waals surface area (Å²) in [6.07, 6.45) is 2.36. The van der Waals surface area contributed by atoms with Crippen LogP contribution in [0.3, 0.4) is 0 Å². The zero-order chi connectivity index (χ0) is 5.98. The van der Waals surface area contributed by atoms with E-state index < -0.39 is 0 Å². The van der Waals surface area contributed by atoms with Gasteiger partial charge in [0.2, 0.25) is 0 Å². The van der Waals surface area contributed by atoms with E-state index in [4.69, 9.17) is 5.11 Å². The molecule has 2 nitrogen and oxygen atoms in total. The SMILES string of the molecule is CN1CCC([OH2+])CC1. The lowest BCUT2D eigenvalue weighted by Crippen LogP contribution is -2.32. The molecular formula is C6H14NO+. The summed E-state index contributed by atoms with van der Waals surface area (Å²) in [4.78, 5) is 2.28. The Kier molecular flexibility index (Phi) is 1.86. The molecule has 1 saturated heterocycles. The van der Waals surface area contributed by atoms with Crippen LogP contribution < -0.4 is 0 Å². The monoisotopic (exact) mass is 116 g/mol. The highest BCUT2D eigenvalue weighted by molar-refractivity contribution is 4.67. The summed E-state index contributed by atoms with van der Waals surface area (Å²) in [5.41, 5.74) is 0. The van der Waals surface area contributed by atoms with E-state index in [0.29, 0.717) is 0 Å². The molecule has 0 saturated carbocycles. The van der Waals surface area contributed by atoms with E-state index in [1.807, 2.05) is 0 Å². The topological polar surface area (TPSA) is 26.1 Å².